The zero-order chi connectivity index (χ0) is 13.2. The molecule has 1 atom stereocenters. The summed E-state index contributed by atoms with van der Waals surface area (Å²) in [7, 11) is 1.85. The Labute approximate surface area is 107 Å². The summed E-state index contributed by atoms with van der Waals surface area (Å²) in [5, 5.41) is 5.95. The molecular formula is C14H19FN2O. The fourth-order valence-electron chi connectivity index (χ4n) is 2.11. The molecule has 0 heterocycles. The van der Waals surface area contributed by atoms with E-state index in [2.05, 4.69) is 10.6 Å². The molecule has 2 rings (SSSR count). The first-order valence-corrected chi connectivity index (χ1v) is 6.31. The van der Waals surface area contributed by atoms with Crippen molar-refractivity contribution in [1.82, 2.24) is 10.6 Å². The van der Waals surface area contributed by atoms with Gasteiger partial charge in [-0.1, -0.05) is 18.2 Å². The van der Waals surface area contributed by atoms with Gasteiger partial charge in [0.2, 0.25) is 5.91 Å². The minimum absolute atomic E-state index is 0.0605. The van der Waals surface area contributed by atoms with Crippen LogP contribution in [0.15, 0.2) is 24.3 Å². The van der Waals surface area contributed by atoms with Crippen LogP contribution in [-0.4, -0.2) is 25.5 Å². The van der Waals surface area contributed by atoms with E-state index in [-0.39, 0.29) is 17.8 Å². The molecule has 1 aromatic rings. The molecule has 98 valence electrons. The number of rotatable bonds is 5. The van der Waals surface area contributed by atoms with E-state index in [4.69, 9.17) is 0 Å². The minimum atomic E-state index is -0.626. The summed E-state index contributed by atoms with van der Waals surface area (Å²) in [6, 6.07) is 6.77. The van der Waals surface area contributed by atoms with Crippen LogP contribution in [0.1, 0.15) is 25.3 Å². The number of nitrogens with one attached hydrogen (secondary N) is 2. The molecule has 0 bridgehead atoms. The standard InChI is InChI=1S/C14H19FN2O/c1-10(16-2)9-17-13(18)14(7-8-14)11-5-3-4-6-12(11)15/h3-6,10,16H,7-9H2,1-2H3,(H,17,18). The van der Waals surface area contributed by atoms with E-state index in [0.717, 1.165) is 12.8 Å². The Kier molecular flexibility index (Phi) is 3.66. The van der Waals surface area contributed by atoms with Crippen molar-refractivity contribution in [2.24, 2.45) is 0 Å². The van der Waals surface area contributed by atoms with E-state index in [1.54, 1.807) is 18.2 Å². The smallest absolute Gasteiger partial charge is 0.230 e. The summed E-state index contributed by atoms with van der Waals surface area (Å²) >= 11 is 0. The summed E-state index contributed by atoms with van der Waals surface area (Å²) in [5.41, 5.74) is -0.0988. The lowest BCUT2D eigenvalue weighted by molar-refractivity contribution is -0.123. The van der Waals surface area contributed by atoms with E-state index >= 15 is 0 Å². The molecule has 18 heavy (non-hydrogen) atoms. The molecule has 1 saturated carbocycles. The van der Waals surface area contributed by atoms with Crippen LogP contribution >= 0.6 is 0 Å². The lowest BCUT2D eigenvalue weighted by Crippen LogP contribution is -2.42. The number of likely N-dealkylation sites (N-methyl/N-ethyl adjacent to an activating group) is 1. The van der Waals surface area contributed by atoms with Gasteiger partial charge in [0.15, 0.2) is 0 Å². The molecule has 1 fully saturated rings. The van der Waals surface area contributed by atoms with Gasteiger partial charge < -0.3 is 10.6 Å². The molecule has 1 amide bonds. The lowest BCUT2D eigenvalue weighted by atomic mass is 9.94. The summed E-state index contributed by atoms with van der Waals surface area (Å²) in [5.74, 6) is -0.346. The Hall–Kier alpha value is -1.42. The number of carbonyl (C=O) groups is 1. The lowest BCUT2D eigenvalue weighted by Gasteiger charge is -2.18. The Morgan fingerprint density at radius 1 is 1.44 bits per heavy atom. The highest BCUT2D eigenvalue weighted by molar-refractivity contribution is 5.91. The summed E-state index contributed by atoms with van der Waals surface area (Å²) in [6.07, 6.45) is 1.46. The molecule has 1 aliphatic carbocycles. The van der Waals surface area contributed by atoms with Crippen molar-refractivity contribution >= 4 is 5.91 Å². The molecular weight excluding hydrogens is 231 g/mol. The fourth-order valence-corrected chi connectivity index (χ4v) is 2.11. The van der Waals surface area contributed by atoms with E-state index < -0.39 is 5.41 Å². The molecule has 2 N–H and O–H groups in total. The topological polar surface area (TPSA) is 41.1 Å². The van der Waals surface area contributed by atoms with Crippen molar-refractivity contribution in [3.8, 4) is 0 Å². The molecule has 1 aliphatic rings. The molecule has 0 radical (unpaired) electrons. The number of hydrogen-bond donors (Lipinski definition) is 2. The van der Waals surface area contributed by atoms with Crippen molar-refractivity contribution in [2.45, 2.75) is 31.2 Å². The Morgan fingerprint density at radius 3 is 2.67 bits per heavy atom. The molecule has 0 spiro atoms. The predicted octanol–water partition coefficient (Wildman–Crippen LogP) is 1.58. The zero-order valence-corrected chi connectivity index (χ0v) is 10.8. The highest BCUT2D eigenvalue weighted by Crippen LogP contribution is 2.49. The predicted molar refractivity (Wildman–Crippen MR) is 68.8 cm³/mol. The maximum Gasteiger partial charge on any atom is 0.230 e. The van der Waals surface area contributed by atoms with Crippen LogP contribution in [0.4, 0.5) is 4.39 Å². The highest BCUT2D eigenvalue weighted by Gasteiger charge is 2.52. The first kappa shape index (κ1) is 13.0. The zero-order valence-electron chi connectivity index (χ0n) is 10.8. The van der Waals surface area contributed by atoms with Crippen LogP contribution in [-0.2, 0) is 10.2 Å². The molecule has 1 unspecified atom stereocenters. The van der Waals surface area contributed by atoms with Gasteiger partial charge in [-0.25, -0.2) is 4.39 Å². The SMILES string of the molecule is CNC(C)CNC(=O)C1(c2ccccc2F)CC1. The first-order valence-electron chi connectivity index (χ1n) is 6.31. The number of carbonyl (C=O) groups excluding carboxylic acids is 1. The molecule has 3 nitrogen and oxygen atoms in total. The highest BCUT2D eigenvalue weighted by atomic mass is 19.1. The van der Waals surface area contributed by atoms with E-state index in [9.17, 15) is 9.18 Å². The van der Waals surface area contributed by atoms with E-state index in [1.807, 2.05) is 14.0 Å². The van der Waals surface area contributed by atoms with Gasteiger partial charge in [0.05, 0.1) is 5.41 Å². The average molecular weight is 250 g/mol. The number of benzene rings is 1. The van der Waals surface area contributed by atoms with Crippen LogP contribution in [0.2, 0.25) is 0 Å². The fraction of sp³-hybridized carbons (Fsp3) is 0.500. The summed E-state index contributed by atoms with van der Waals surface area (Å²) in [6.45, 7) is 2.55. The first-order chi connectivity index (χ1) is 8.60. The van der Waals surface area contributed by atoms with Crippen molar-refractivity contribution in [3.63, 3.8) is 0 Å². The molecule has 4 heteroatoms. The minimum Gasteiger partial charge on any atom is -0.354 e. The van der Waals surface area contributed by atoms with E-state index in [0.29, 0.717) is 12.1 Å². The normalized spacial score (nSPS) is 18.2. The van der Waals surface area contributed by atoms with Crippen molar-refractivity contribution in [3.05, 3.63) is 35.6 Å². The Bertz CT molecular complexity index is 443. The largest absolute Gasteiger partial charge is 0.354 e. The van der Waals surface area contributed by atoms with Crippen LogP contribution in [0.25, 0.3) is 0 Å². The number of amides is 1. The quantitative estimate of drug-likeness (QED) is 0.833. The third-order valence-corrected chi connectivity index (χ3v) is 3.64. The molecule has 0 aromatic heterocycles. The summed E-state index contributed by atoms with van der Waals surface area (Å²) in [4.78, 5) is 12.2. The van der Waals surface area contributed by atoms with Crippen molar-refractivity contribution in [2.75, 3.05) is 13.6 Å². The van der Waals surface area contributed by atoms with Gasteiger partial charge in [0.1, 0.15) is 5.82 Å². The average Bonchev–Trinajstić information content (AvgIpc) is 3.17. The maximum absolute atomic E-state index is 13.8. The van der Waals surface area contributed by atoms with Gasteiger partial charge in [-0.3, -0.25) is 4.79 Å². The molecule has 1 aromatic carbocycles. The van der Waals surface area contributed by atoms with Gasteiger partial charge in [-0.15, -0.1) is 0 Å². The van der Waals surface area contributed by atoms with Crippen LogP contribution in [0.5, 0.6) is 0 Å². The monoisotopic (exact) mass is 250 g/mol. The summed E-state index contributed by atoms with van der Waals surface area (Å²) < 4.78 is 13.8. The van der Waals surface area contributed by atoms with Gasteiger partial charge in [-0.2, -0.15) is 0 Å². The second-order valence-electron chi connectivity index (χ2n) is 4.96. The Balaban J connectivity index is 2.08. The second kappa shape index (κ2) is 5.06. The maximum atomic E-state index is 13.8. The van der Waals surface area contributed by atoms with Crippen LogP contribution in [0.3, 0.4) is 0 Å². The third kappa shape index (κ3) is 2.38. The Morgan fingerprint density at radius 2 is 2.11 bits per heavy atom. The number of hydrogen-bond acceptors (Lipinski definition) is 2. The second-order valence-corrected chi connectivity index (χ2v) is 4.96. The van der Waals surface area contributed by atoms with Crippen LogP contribution < -0.4 is 10.6 Å². The van der Waals surface area contributed by atoms with E-state index in [1.165, 1.54) is 6.07 Å². The van der Waals surface area contributed by atoms with Crippen LogP contribution in [0, 0.1) is 5.82 Å². The van der Waals surface area contributed by atoms with Gasteiger partial charge >= 0.3 is 0 Å². The van der Waals surface area contributed by atoms with Gasteiger partial charge in [0.25, 0.3) is 0 Å². The van der Waals surface area contributed by atoms with Crippen molar-refractivity contribution in [1.29, 1.82) is 0 Å². The van der Waals surface area contributed by atoms with Gasteiger partial charge in [-0.05, 0) is 32.9 Å². The van der Waals surface area contributed by atoms with Crippen molar-refractivity contribution < 1.29 is 9.18 Å². The van der Waals surface area contributed by atoms with Gasteiger partial charge in [0, 0.05) is 18.2 Å². The molecule has 0 aliphatic heterocycles. The molecule has 0 saturated heterocycles. The number of halogens is 1. The third-order valence-electron chi connectivity index (χ3n) is 3.64.